The number of imidazole rings is 1. The molecule has 0 radical (unpaired) electrons. The zero-order valence-electron chi connectivity index (χ0n) is 12.9. The average molecular weight is 323 g/mol. The molecule has 0 amide bonds. The van der Waals surface area contributed by atoms with Crippen molar-refractivity contribution in [3.8, 4) is 11.5 Å². The molecule has 0 aliphatic rings. The number of fused-ring (bicyclic) bond motifs is 2. The maximum Gasteiger partial charge on any atom is 0.332 e. The molecule has 0 spiro atoms. The predicted molar refractivity (Wildman–Crippen MR) is 89.5 cm³/mol. The van der Waals surface area contributed by atoms with Crippen LogP contribution >= 0.6 is 0 Å². The fourth-order valence-electron chi connectivity index (χ4n) is 2.62. The van der Waals surface area contributed by atoms with Crippen molar-refractivity contribution in [2.45, 2.75) is 0 Å². The van der Waals surface area contributed by atoms with Crippen LogP contribution in [-0.2, 0) is 14.1 Å². The topological polar surface area (TPSA) is 124 Å². The molecule has 9 nitrogen and oxygen atoms in total. The van der Waals surface area contributed by atoms with Crippen LogP contribution in [0, 0.1) is 0 Å². The highest BCUT2D eigenvalue weighted by Gasteiger charge is 2.17. The Balaban J connectivity index is 2.08. The van der Waals surface area contributed by atoms with Gasteiger partial charge in [-0.3, -0.25) is 13.9 Å². The Morgan fingerprint density at radius 1 is 1.04 bits per heavy atom. The molecule has 24 heavy (non-hydrogen) atoms. The zero-order valence-corrected chi connectivity index (χ0v) is 12.9. The van der Waals surface area contributed by atoms with Gasteiger partial charge in [0.2, 0.25) is 0 Å². The van der Waals surface area contributed by atoms with E-state index >= 15 is 0 Å². The fourth-order valence-corrected chi connectivity index (χ4v) is 2.62. The SMILES string of the molecule is Cn1c(=O)c2nc(-c3nc4ccccc4[nH]3)c(N)nc2n(C)c1=O. The smallest absolute Gasteiger partial charge is 0.332 e. The van der Waals surface area contributed by atoms with Gasteiger partial charge in [0.05, 0.1) is 11.0 Å². The number of aryl methyl sites for hydroxylation is 1. The first-order chi connectivity index (χ1) is 11.5. The minimum atomic E-state index is -0.530. The monoisotopic (exact) mass is 323 g/mol. The molecule has 0 saturated heterocycles. The summed E-state index contributed by atoms with van der Waals surface area (Å²) in [4.78, 5) is 40.4. The van der Waals surface area contributed by atoms with Crippen LogP contribution in [0.2, 0.25) is 0 Å². The number of aromatic amines is 1. The number of hydrogen-bond donors (Lipinski definition) is 2. The van der Waals surface area contributed by atoms with Crippen molar-refractivity contribution in [3.63, 3.8) is 0 Å². The number of nitrogens with two attached hydrogens (primary N) is 1. The lowest BCUT2D eigenvalue weighted by molar-refractivity contribution is 0.705. The van der Waals surface area contributed by atoms with E-state index in [4.69, 9.17) is 5.73 Å². The summed E-state index contributed by atoms with van der Waals surface area (Å²) in [6.45, 7) is 0. The Morgan fingerprint density at radius 2 is 1.79 bits per heavy atom. The van der Waals surface area contributed by atoms with Crippen molar-refractivity contribution in [2.24, 2.45) is 14.1 Å². The highest BCUT2D eigenvalue weighted by Crippen LogP contribution is 2.23. The summed E-state index contributed by atoms with van der Waals surface area (Å²) in [5.41, 5.74) is 7.02. The number of rotatable bonds is 1. The van der Waals surface area contributed by atoms with Crippen molar-refractivity contribution in [2.75, 3.05) is 5.73 Å². The summed E-state index contributed by atoms with van der Waals surface area (Å²) in [5, 5.41) is 0. The molecule has 1 aromatic carbocycles. The van der Waals surface area contributed by atoms with E-state index in [-0.39, 0.29) is 22.7 Å². The quantitative estimate of drug-likeness (QED) is 0.514. The summed E-state index contributed by atoms with van der Waals surface area (Å²) < 4.78 is 2.22. The summed E-state index contributed by atoms with van der Waals surface area (Å²) in [7, 11) is 2.90. The van der Waals surface area contributed by atoms with Gasteiger partial charge in [0.15, 0.2) is 22.8 Å². The molecule has 120 valence electrons. The third-order valence-corrected chi connectivity index (χ3v) is 3.92. The minimum absolute atomic E-state index is 0.0595. The molecule has 0 fully saturated rings. The molecule has 4 aromatic rings. The number of para-hydroxylation sites is 2. The number of anilines is 1. The zero-order chi connectivity index (χ0) is 17.0. The number of nitrogens with one attached hydrogen (secondary N) is 1. The van der Waals surface area contributed by atoms with Crippen molar-refractivity contribution in [1.29, 1.82) is 0 Å². The van der Waals surface area contributed by atoms with Gasteiger partial charge in [-0.2, -0.15) is 0 Å². The second-order valence-electron chi connectivity index (χ2n) is 5.44. The average Bonchev–Trinajstić information content (AvgIpc) is 3.01. The highest BCUT2D eigenvalue weighted by molar-refractivity contribution is 5.83. The lowest BCUT2D eigenvalue weighted by Crippen LogP contribution is -2.37. The maximum atomic E-state index is 12.3. The highest BCUT2D eigenvalue weighted by atomic mass is 16.2. The first kappa shape index (κ1) is 14.1. The second kappa shape index (κ2) is 4.75. The number of aromatic nitrogens is 6. The van der Waals surface area contributed by atoms with Crippen LogP contribution in [-0.4, -0.2) is 29.1 Å². The van der Waals surface area contributed by atoms with Gasteiger partial charge in [0.1, 0.15) is 5.69 Å². The number of nitrogen functional groups attached to an aromatic ring is 1. The molecule has 3 N–H and O–H groups in total. The molecular formula is C15H13N7O2. The first-order valence-corrected chi connectivity index (χ1v) is 7.15. The van der Waals surface area contributed by atoms with E-state index < -0.39 is 11.2 Å². The lowest BCUT2D eigenvalue weighted by Gasteiger charge is -2.08. The number of nitrogens with zero attached hydrogens (tertiary/aromatic N) is 5. The third-order valence-electron chi connectivity index (χ3n) is 3.92. The molecule has 0 bridgehead atoms. The van der Waals surface area contributed by atoms with Crippen LogP contribution in [0.25, 0.3) is 33.7 Å². The van der Waals surface area contributed by atoms with Gasteiger partial charge in [0, 0.05) is 14.1 Å². The van der Waals surface area contributed by atoms with Crippen LogP contribution < -0.4 is 17.0 Å². The van der Waals surface area contributed by atoms with Gasteiger partial charge in [-0.05, 0) is 12.1 Å². The Labute approximate surface area is 134 Å². The summed E-state index contributed by atoms with van der Waals surface area (Å²) in [6, 6.07) is 7.47. The van der Waals surface area contributed by atoms with E-state index in [9.17, 15) is 9.59 Å². The summed E-state index contributed by atoms with van der Waals surface area (Å²) >= 11 is 0. The van der Waals surface area contributed by atoms with Crippen molar-refractivity contribution >= 4 is 28.0 Å². The van der Waals surface area contributed by atoms with E-state index in [0.29, 0.717) is 5.82 Å². The van der Waals surface area contributed by atoms with Crippen molar-refractivity contribution in [1.82, 2.24) is 29.1 Å². The minimum Gasteiger partial charge on any atom is -0.382 e. The van der Waals surface area contributed by atoms with Crippen molar-refractivity contribution in [3.05, 3.63) is 45.1 Å². The van der Waals surface area contributed by atoms with Gasteiger partial charge in [0.25, 0.3) is 5.56 Å². The van der Waals surface area contributed by atoms with Crippen LogP contribution in [0.5, 0.6) is 0 Å². The molecule has 0 aliphatic heterocycles. The molecule has 3 aromatic heterocycles. The van der Waals surface area contributed by atoms with Crippen LogP contribution in [0.4, 0.5) is 5.82 Å². The number of benzene rings is 1. The standard InChI is InChI=1S/C15H13N7O2/c1-21-13-10(14(23)22(2)15(21)24)19-9(11(16)20-13)12-17-7-5-3-4-6-8(7)18-12/h3-6H,1-2H3,(H2,16,20)(H,17,18). The molecule has 4 rings (SSSR count). The van der Waals surface area contributed by atoms with E-state index in [1.807, 2.05) is 24.3 Å². The molecule has 0 unspecified atom stereocenters. The van der Waals surface area contributed by atoms with Gasteiger partial charge in [-0.1, -0.05) is 12.1 Å². The molecule has 0 atom stereocenters. The third kappa shape index (κ3) is 1.84. The molecular weight excluding hydrogens is 310 g/mol. The molecule has 3 heterocycles. The van der Waals surface area contributed by atoms with Gasteiger partial charge in [-0.25, -0.2) is 19.7 Å². The van der Waals surface area contributed by atoms with Crippen LogP contribution in [0.3, 0.4) is 0 Å². The summed E-state index contributed by atoms with van der Waals surface area (Å²) in [5.74, 6) is 0.504. The predicted octanol–water partition coefficient (Wildman–Crippen LogP) is 0.153. The lowest BCUT2D eigenvalue weighted by atomic mass is 10.3. The molecule has 0 saturated carbocycles. The molecule has 9 heteroatoms. The largest absolute Gasteiger partial charge is 0.382 e. The first-order valence-electron chi connectivity index (χ1n) is 7.15. The number of hydrogen-bond acceptors (Lipinski definition) is 6. The van der Waals surface area contributed by atoms with E-state index in [2.05, 4.69) is 19.9 Å². The number of H-pyrrole nitrogens is 1. The molecule has 0 aliphatic carbocycles. The van der Waals surface area contributed by atoms with Gasteiger partial charge >= 0.3 is 5.69 Å². The fraction of sp³-hybridized carbons (Fsp3) is 0.133. The normalized spacial score (nSPS) is 11.4. The van der Waals surface area contributed by atoms with Gasteiger partial charge in [-0.15, -0.1) is 0 Å². The Bertz CT molecular complexity index is 1200. The van der Waals surface area contributed by atoms with Crippen LogP contribution in [0.15, 0.2) is 33.9 Å². The maximum absolute atomic E-state index is 12.3. The Kier molecular flexibility index (Phi) is 2.80. The van der Waals surface area contributed by atoms with E-state index in [1.54, 1.807) is 0 Å². The van der Waals surface area contributed by atoms with E-state index in [1.165, 1.54) is 18.7 Å². The Hall–Kier alpha value is -3.49. The summed E-state index contributed by atoms with van der Waals surface area (Å²) in [6.07, 6.45) is 0. The van der Waals surface area contributed by atoms with Crippen LogP contribution in [0.1, 0.15) is 0 Å². The second-order valence-corrected chi connectivity index (χ2v) is 5.44. The van der Waals surface area contributed by atoms with E-state index in [0.717, 1.165) is 15.6 Å². The van der Waals surface area contributed by atoms with Gasteiger partial charge < -0.3 is 10.7 Å². The van der Waals surface area contributed by atoms with Crippen molar-refractivity contribution < 1.29 is 0 Å². The Morgan fingerprint density at radius 3 is 2.54 bits per heavy atom.